The Morgan fingerprint density at radius 2 is 1.90 bits per heavy atom. The highest BCUT2D eigenvalue weighted by atomic mass is 16.5. The van der Waals surface area contributed by atoms with E-state index in [9.17, 15) is 9.59 Å². The summed E-state index contributed by atoms with van der Waals surface area (Å²) >= 11 is 0. The molecule has 0 aliphatic rings. The minimum atomic E-state index is -0.0508. The number of ether oxygens (including phenoxy) is 1. The van der Waals surface area contributed by atoms with Gasteiger partial charge in [0.15, 0.2) is 5.78 Å². The third kappa shape index (κ3) is 3.69. The zero-order valence-electron chi connectivity index (χ0n) is 12.1. The molecule has 4 heteroatoms. The van der Waals surface area contributed by atoms with Crippen molar-refractivity contribution in [2.75, 3.05) is 11.9 Å². The van der Waals surface area contributed by atoms with Gasteiger partial charge in [-0.05, 0) is 30.7 Å². The van der Waals surface area contributed by atoms with Gasteiger partial charge in [0.2, 0.25) is 6.41 Å². The molecule has 0 aliphatic heterocycles. The Labute approximate surface area is 124 Å². The molecule has 0 spiro atoms. The number of nitrogens with zero attached hydrogens (tertiary/aromatic N) is 1. The molecule has 0 N–H and O–H groups in total. The number of benzene rings is 2. The van der Waals surface area contributed by atoms with E-state index in [0.29, 0.717) is 30.0 Å². The van der Waals surface area contributed by atoms with E-state index in [4.69, 9.17) is 4.74 Å². The lowest BCUT2D eigenvalue weighted by Gasteiger charge is -2.17. The summed E-state index contributed by atoms with van der Waals surface area (Å²) in [7, 11) is 1.63. The molecule has 0 aromatic heterocycles. The maximum absolute atomic E-state index is 11.5. The van der Waals surface area contributed by atoms with E-state index in [-0.39, 0.29) is 5.78 Å². The van der Waals surface area contributed by atoms with E-state index in [2.05, 4.69) is 0 Å². The molecule has 2 aromatic rings. The topological polar surface area (TPSA) is 46.6 Å². The molecule has 21 heavy (non-hydrogen) atoms. The van der Waals surface area contributed by atoms with E-state index in [1.165, 1.54) is 11.8 Å². The van der Waals surface area contributed by atoms with Crippen molar-refractivity contribution >= 4 is 17.9 Å². The molecule has 108 valence electrons. The summed E-state index contributed by atoms with van der Waals surface area (Å²) in [6, 6.07) is 14.8. The summed E-state index contributed by atoms with van der Waals surface area (Å²) in [5.41, 5.74) is 2.16. The van der Waals surface area contributed by atoms with Crippen LogP contribution in [0.5, 0.6) is 5.75 Å². The van der Waals surface area contributed by atoms with Crippen LogP contribution in [0.25, 0.3) is 0 Å². The number of amides is 1. The first-order valence-electron chi connectivity index (χ1n) is 6.61. The summed E-state index contributed by atoms with van der Waals surface area (Å²) in [5.74, 6) is 0.517. The molecule has 0 heterocycles. The van der Waals surface area contributed by atoms with Crippen molar-refractivity contribution in [2.45, 2.75) is 13.5 Å². The predicted octanol–water partition coefficient (Wildman–Crippen LogP) is 3.06. The molecule has 1 amide bonds. The maximum Gasteiger partial charge on any atom is 0.213 e. The predicted molar refractivity (Wildman–Crippen MR) is 81.7 cm³/mol. The number of rotatable bonds is 6. The van der Waals surface area contributed by atoms with Crippen molar-refractivity contribution in [3.63, 3.8) is 0 Å². The number of ketones is 1. The van der Waals surface area contributed by atoms with Gasteiger partial charge in [-0.25, -0.2) is 0 Å². The Balaban J connectivity index is 2.25. The molecule has 0 radical (unpaired) electrons. The van der Waals surface area contributed by atoms with E-state index in [1.807, 2.05) is 30.3 Å². The van der Waals surface area contributed by atoms with Crippen LogP contribution in [-0.4, -0.2) is 19.2 Å². The normalized spacial score (nSPS) is 10.0. The summed E-state index contributed by atoms with van der Waals surface area (Å²) < 4.78 is 5.77. The number of carbonyl (C=O) groups excluding carboxylic acids is 2. The summed E-state index contributed by atoms with van der Waals surface area (Å²) in [4.78, 5) is 23.8. The third-order valence-electron chi connectivity index (χ3n) is 3.14. The number of anilines is 1. The molecular formula is C17H17NO3. The fourth-order valence-electron chi connectivity index (χ4n) is 1.93. The number of Topliss-reactive ketones (excluding diaryl/α,β-unsaturated/α-hetero) is 1. The lowest BCUT2D eigenvalue weighted by molar-refractivity contribution is -0.107. The maximum atomic E-state index is 11.5. The number of hydrogen-bond donors (Lipinski definition) is 0. The minimum Gasteiger partial charge on any atom is -0.487 e. The zero-order valence-corrected chi connectivity index (χ0v) is 12.1. The second-order valence-electron chi connectivity index (χ2n) is 4.73. The highest BCUT2D eigenvalue weighted by molar-refractivity contribution is 5.96. The Bertz CT molecular complexity index is 638. The largest absolute Gasteiger partial charge is 0.487 e. The fraction of sp³-hybridized carbons (Fsp3) is 0.176. The highest BCUT2D eigenvalue weighted by Gasteiger charge is 2.11. The molecule has 0 atom stereocenters. The van der Waals surface area contributed by atoms with Crippen LogP contribution in [0.3, 0.4) is 0 Å². The molecule has 0 saturated heterocycles. The van der Waals surface area contributed by atoms with Gasteiger partial charge in [-0.15, -0.1) is 0 Å². The van der Waals surface area contributed by atoms with Gasteiger partial charge >= 0.3 is 0 Å². The van der Waals surface area contributed by atoms with Crippen LogP contribution in [-0.2, 0) is 11.4 Å². The van der Waals surface area contributed by atoms with Crippen LogP contribution >= 0.6 is 0 Å². The van der Waals surface area contributed by atoms with Crippen molar-refractivity contribution in [1.82, 2.24) is 0 Å². The molecule has 0 saturated carbocycles. The van der Waals surface area contributed by atoms with Gasteiger partial charge in [0, 0.05) is 12.6 Å². The van der Waals surface area contributed by atoms with Gasteiger partial charge in [-0.1, -0.05) is 30.3 Å². The van der Waals surface area contributed by atoms with Gasteiger partial charge in [0.05, 0.1) is 5.69 Å². The second-order valence-corrected chi connectivity index (χ2v) is 4.73. The molecular weight excluding hydrogens is 266 g/mol. The van der Waals surface area contributed by atoms with Crippen molar-refractivity contribution in [3.8, 4) is 5.75 Å². The van der Waals surface area contributed by atoms with Crippen LogP contribution in [0, 0.1) is 0 Å². The van der Waals surface area contributed by atoms with Gasteiger partial charge in [0.1, 0.15) is 12.4 Å². The average Bonchev–Trinajstić information content (AvgIpc) is 2.52. The minimum absolute atomic E-state index is 0.0508. The summed E-state index contributed by atoms with van der Waals surface area (Å²) in [5, 5.41) is 0. The Kier molecular flexibility index (Phi) is 4.72. The lowest BCUT2D eigenvalue weighted by atomic mass is 10.1. The standard InChI is InChI=1S/C17H17NO3/c1-13(20)15-8-9-17(16(10-15)18(2)12-19)21-11-14-6-4-3-5-7-14/h3-10,12H,11H2,1-2H3. The SMILES string of the molecule is CC(=O)c1ccc(OCc2ccccc2)c(N(C)C=O)c1. The molecule has 0 fully saturated rings. The third-order valence-corrected chi connectivity index (χ3v) is 3.14. The Hall–Kier alpha value is -2.62. The van der Waals surface area contributed by atoms with E-state index < -0.39 is 0 Å². The van der Waals surface area contributed by atoms with Crippen LogP contribution in [0.1, 0.15) is 22.8 Å². The fourth-order valence-corrected chi connectivity index (χ4v) is 1.93. The number of hydrogen-bond acceptors (Lipinski definition) is 3. The molecule has 2 rings (SSSR count). The smallest absolute Gasteiger partial charge is 0.213 e. The summed E-state index contributed by atoms with van der Waals surface area (Å²) in [6.45, 7) is 1.89. The van der Waals surface area contributed by atoms with Gasteiger partial charge in [-0.2, -0.15) is 0 Å². The zero-order chi connectivity index (χ0) is 15.2. The van der Waals surface area contributed by atoms with E-state index in [1.54, 1.807) is 25.2 Å². The quantitative estimate of drug-likeness (QED) is 0.604. The first-order chi connectivity index (χ1) is 10.1. The Morgan fingerprint density at radius 3 is 2.52 bits per heavy atom. The van der Waals surface area contributed by atoms with Crippen LogP contribution < -0.4 is 9.64 Å². The van der Waals surface area contributed by atoms with Gasteiger partial charge in [-0.3, -0.25) is 9.59 Å². The number of carbonyl (C=O) groups is 2. The monoisotopic (exact) mass is 283 g/mol. The first kappa shape index (κ1) is 14.8. The lowest BCUT2D eigenvalue weighted by Crippen LogP contribution is -2.15. The Morgan fingerprint density at radius 1 is 1.19 bits per heavy atom. The van der Waals surface area contributed by atoms with E-state index in [0.717, 1.165) is 5.56 Å². The van der Waals surface area contributed by atoms with Crippen LogP contribution in [0.2, 0.25) is 0 Å². The summed E-state index contributed by atoms with van der Waals surface area (Å²) in [6.07, 6.45) is 0.689. The van der Waals surface area contributed by atoms with Gasteiger partial charge < -0.3 is 9.64 Å². The van der Waals surface area contributed by atoms with Crippen molar-refractivity contribution in [1.29, 1.82) is 0 Å². The molecule has 0 bridgehead atoms. The average molecular weight is 283 g/mol. The highest BCUT2D eigenvalue weighted by Crippen LogP contribution is 2.29. The van der Waals surface area contributed by atoms with E-state index >= 15 is 0 Å². The van der Waals surface area contributed by atoms with Gasteiger partial charge in [0.25, 0.3) is 0 Å². The van der Waals surface area contributed by atoms with Crippen molar-refractivity contribution < 1.29 is 14.3 Å². The molecule has 0 unspecified atom stereocenters. The first-order valence-corrected chi connectivity index (χ1v) is 6.61. The molecule has 0 aliphatic carbocycles. The van der Waals surface area contributed by atoms with Crippen molar-refractivity contribution in [2.24, 2.45) is 0 Å². The second kappa shape index (κ2) is 6.70. The van der Waals surface area contributed by atoms with Crippen LogP contribution in [0.15, 0.2) is 48.5 Å². The molecule has 2 aromatic carbocycles. The van der Waals surface area contributed by atoms with Crippen LogP contribution in [0.4, 0.5) is 5.69 Å². The van der Waals surface area contributed by atoms with Crippen molar-refractivity contribution in [3.05, 3.63) is 59.7 Å². The molecule has 4 nitrogen and oxygen atoms in total.